The van der Waals surface area contributed by atoms with Crippen molar-refractivity contribution in [1.82, 2.24) is 4.98 Å². The van der Waals surface area contributed by atoms with Gasteiger partial charge >= 0.3 is 0 Å². The molecule has 1 N–H and O–H groups in total. The summed E-state index contributed by atoms with van der Waals surface area (Å²) in [6, 6.07) is 8.91. The second-order valence-corrected chi connectivity index (χ2v) is 4.53. The Hall–Kier alpha value is -1.42. The molecule has 4 heteroatoms. The zero-order valence-electron chi connectivity index (χ0n) is 9.37. The maximum Gasteiger partial charge on any atom is 0.129 e. The molecule has 0 fully saturated rings. The van der Waals surface area contributed by atoms with Gasteiger partial charge in [0.1, 0.15) is 10.4 Å². The molecule has 0 spiro atoms. The number of anilines is 1. The van der Waals surface area contributed by atoms with Gasteiger partial charge in [0.2, 0.25) is 0 Å². The highest BCUT2D eigenvalue weighted by molar-refractivity contribution is 9.10. The third kappa shape index (κ3) is 3.03. The van der Waals surface area contributed by atoms with E-state index in [1.54, 1.807) is 19.2 Å². The molecular weight excluding hydrogens is 283 g/mol. The van der Waals surface area contributed by atoms with Gasteiger partial charge in [-0.25, -0.2) is 9.37 Å². The minimum Gasteiger partial charge on any atom is -0.379 e. The first-order valence-corrected chi connectivity index (χ1v) is 6.05. The van der Waals surface area contributed by atoms with Crippen LogP contribution in [0, 0.1) is 12.7 Å². The van der Waals surface area contributed by atoms with Crippen molar-refractivity contribution in [1.29, 1.82) is 0 Å². The van der Waals surface area contributed by atoms with E-state index in [1.165, 1.54) is 6.07 Å². The normalized spacial score (nSPS) is 10.3. The Kier molecular flexibility index (Phi) is 3.74. The second-order valence-electron chi connectivity index (χ2n) is 3.78. The molecule has 2 aromatic rings. The van der Waals surface area contributed by atoms with Crippen molar-refractivity contribution < 1.29 is 4.39 Å². The molecule has 1 aromatic carbocycles. The van der Waals surface area contributed by atoms with Gasteiger partial charge in [0.25, 0.3) is 0 Å². The molecule has 88 valence electrons. The fraction of sp³-hybridized carbons (Fsp3) is 0.154. The lowest BCUT2D eigenvalue weighted by atomic mass is 10.1. The average molecular weight is 295 g/mol. The van der Waals surface area contributed by atoms with Gasteiger partial charge < -0.3 is 5.32 Å². The highest BCUT2D eigenvalue weighted by atomic mass is 79.9. The van der Waals surface area contributed by atoms with E-state index in [9.17, 15) is 4.39 Å². The van der Waals surface area contributed by atoms with Crippen LogP contribution in [0.2, 0.25) is 0 Å². The first kappa shape index (κ1) is 12.0. The highest BCUT2D eigenvalue weighted by Gasteiger charge is 2.01. The predicted octanol–water partition coefficient (Wildman–Crippen LogP) is 3.90. The van der Waals surface area contributed by atoms with Gasteiger partial charge in [0.15, 0.2) is 0 Å². The maximum absolute atomic E-state index is 13.1. The number of nitrogens with one attached hydrogen (secondary N) is 1. The lowest BCUT2D eigenvalue weighted by Crippen LogP contribution is -2.01. The summed E-state index contributed by atoms with van der Waals surface area (Å²) in [5.74, 6) is -0.170. The van der Waals surface area contributed by atoms with Crippen LogP contribution in [-0.4, -0.2) is 4.98 Å². The Bertz CT molecular complexity index is 529. The summed E-state index contributed by atoms with van der Waals surface area (Å²) in [6.45, 7) is 2.41. The van der Waals surface area contributed by atoms with Crippen LogP contribution in [0.15, 0.2) is 41.1 Å². The van der Waals surface area contributed by atoms with Crippen LogP contribution in [-0.2, 0) is 6.54 Å². The largest absolute Gasteiger partial charge is 0.379 e. The van der Waals surface area contributed by atoms with Gasteiger partial charge in [-0.15, -0.1) is 0 Å². The van der Waals surface area contributed by atoms with Crippen molar-refractivity contribution in [2.24, 2.45) is 0 Å². The molecule has 0 aliphatic carbocycles. The van der Waals surface area contributed by atoms with E-state index in [4.69, 9.17) is 0 Å². The number of nitrogens with zero attached hydrogens (tertiary/aromatic N) is 1. The van der Waals surface area contributed by atoms with E-state index in [-0.39, 0.29) is 5.82 Å². The van der Waals surface area contributed by atoms with E-state index in [2.05, 4.69) is 26.2 Å². The van der Waals surface area contributed by atoms with E-state index in [0.717, 1.165) is 15.9 Å². The molecular formula is C13H12BrFN2. The molecule has 0 saturated carbocycles. The first-order valence-electron chi connectivity index (χ1n) is 5.26. The number of benzene rings is 1. The monoisotopic (exact) mass is 294 g/mol. The Labute approximate surface area is 108 Å². The summed E-state index contributed by atoms with van der Waals surface area (Å²) in [7, 11) is 0. The molecule has 0 bridgehead atoms. The Morgan fingerprint density at radius 1 is 1.35 bits per heavy atom. The van der Waals surface area contributed by atoms with Crippen LogP contribution >= 0.6 is 15.9 Å². The van der Waals surface area contributed by atoms with Gasteiger partial charge in [-0.2, -0.15) is 0 Å². The number of rotatable bonds is 3. The minimum atomic E-state index is -0.170. The SMILES string of the molecule is Cc1cc(CNc2cccnc2Br)ccc1F. The molecule has 17 heavy (non-hydrogen) atoms. The van der Waals surface area contributed by atoms with Crippen molar-refractivity contribution in [3.05, 3.63) is 58.1 Å². The summed E-state index contributed by atoms with van der Waals surface area (Å²) < 4.78 is 13.9. The lowest BCUT2D eigenvalue weighted by molar-refractivity contribution is 0.617. The fourth-order valence-corrected chi connectivity index (χ4v) is 1.92. The van der Waals surface area contributed by atoms with E-state index < -0.39 is 0 Å². The fourth-order valence-electron chi connectivity index (χ4n) is 1.53. The van der Waals surface area contributed by atoms with Gasteiger partial charge in [0, 0.05) is 12.7 Å². The number of pyridine rings is 1. The molecule has 0 aliphatic rings. The highest BCUT2D eigenvalue weighted by Crippen LogP contribution is 2.19. The molecule has 0 atom stereocenters. The van der Waals surface area contributed by atoms with Crippen LogP contribution < -0.4 is 5.32 Å². The van der Waals surface area contributed by atoms with Crippen LogP contribution in [0.1, 0.15) is 11.1 Å². The zero-order valence-corrected chi connectivity index (χ0v) is 11.0. The van der Waals surface area contributed by atoms with Crippen molar-refractivity contribution in [3.8, 4) is 0 Å². The van der Waals surface area contributed by atoms with Gasteiger partial charge in [-0.3, -0.25) is 0 Å². The third-order valence-corrected chi connectivity index (χ3v) is 3.10. The summed E-state index contributed by atoms with van der Waals surface area (Å²) in [6.07, 6.45) is 1.72. The molecule has 1 heterocycles. The van der Waals surface area contributed by atoms with Gasteiger partial charge in [0.05, 0.1) is 5.69 Å². The third-order valence-electron chi connectivity index (χ3n) is 2.46. The average Bonchev–Trinajstić information content (AvgIpc) is 2.32. The minimum absolute atomic E-state index is 0.170. The number of hydrogen-bond donors (Lipinski definition) is 1. The molecule has 1 aromatic heterocycles. The summed E-state index contributed by atoms with van der Waals surface area (Å²) in [5.41, 5.74) is 2.63. The van der Waals surface area contributed by atoms with Crippen LogP contribution in [0.3, 0.4) is 0 Å². The first-order chi connectivity index (χ1) is 8.16. The zero-order chi connectivity index (χ0) is 12.3. The number of aromatic nitrogens is 1. The number of hydrogen-bond acceptors (Lipinski definition) is 2. The lowest BCUT2D eigenvalue weighted by Gasteiger charge is -2.08. The predicted molar refractivity (Wildman–Crippen MR) is 70.4 cm³/mol. The number of aryl methyl sites for hydroxylation is 1. The molecule has 0 unspecified atom stereocenters. The molecule has 2 rings (SSSR count). The Morgan fingerprint density at radius 2 is 2.18 bits per heavy atom. The standard InChI is InChI=1S/C13H12BrFN2/c1-9-7-10(4-5-11(9)15)8-17-12-3-2-6-16-13(12)14/h2-7,17H,8H2,1H3. The summed E-state index contributed by atoms with van der Waals surface area (Å²) in [4.78, 5) is 4.12. The van der Waals surface area contributed by atoms with E-state index >= 15 is 0 Å². The van der Waals surface area contributed by atoms with Crippen molar-refractivity contribution >= 4 is 21.6 Å². The molecule has 0 saturated heterocycles. The van der Waals surface area contributed by atoms with E-state index in [0.29, 0.717) is 12.1 Å². The van der Waals surface area contributed by atoms with Crippen molar-refractivity contribution in [2.75, 3.05) is 5.32 Å². The topological polar surface area (TPSA) is 24.9 Å². The van der Waals surface area contributed by atoms with Crippen LogP contribution in [0.5, 0.6) is 0 Å². The Morgan fingerprint density at radius 3 is 2.88 bits per heavy atom. The Balaban J connectivity index is 2.08. The van der Waals surface area contributed by atoms with Crippen molar-refractivity contribution in [2.45, 2.75) is 13.5 Å². The maximum atomic E-state index is 13.1. The van der Waals surface area contributed by atoms with Crippen LogP contribution in [0.25, 0.3) is 0 Å². The quantitative estimate of drug-likeness (QED) is 0.869. The number of halogens is 2. The van der Waals surface area contributed by atoms with Crippen molar-refractivity contribution in [3.63, 3.8) is 0 Å². The summed E-state index contributed by atoms with van der Waals surface area (Å²) >= 11 is 3.36. The molecule has 0 amide bonds. The summed E-state index contributed by atoms with van der Waals surface area (Å²) in [5, 5.41) is 3.24. The molecule has 0 aliphatic heterocycles. The van der Waals surface area contributed by atoms with Gasteiger partial charge in [-0.05, 0) is 52.2 Å². The van der Waals surface area contributed by atoms with Crippen LogP contribution in [0.4, 0.5) is 10.1 Å². The van der Waals surface area contributed by atoms with Gasteiger partial charge in [-0.1, -0.05) is 12.1 Å². The molecule has 0 radical (unpaired) electrons. The van der Waals surface area contributed by atoms with E-state index in [1.807, 2.05) is 18.2 Å². The smallest absolute Gasteiger partial charge is 0.129 e. The molecule has 2 nitrogen and oxygen atoms in total. The second kappa shape index (κ2) is 5.27.